The number of amides is 1. The Morgan fingerprint density at radius 2 is 2.30 bits per heavy atom. The molecular weight excluding hydrogens is 270 g/mol. The molecule has 1 aromatic carbocycles. The summed E-state index contributed by atoms with van der Waals surface area (Å²) in [6, 6.07) is 8.09. The van der Waals surface area contributed by atoms with Crippen LogP contribution in [-0.4, -0.2) is 30.1 Å². The Hall–Kier alpha value is -1.16. The van der Waals surface area contributed by atoms with Gasteiger partial charge in [-0.2, -0.15) is 11.8 Å². The molecule has 1 aliphatic rings. The highest BCUT2D eigenvalue weighted by molar-refractivity contribution is 7.99. The van der Waals surface area contributed by atoms with E-state index in [4.69, 9.17) is 4.74 Å². The van der Waals surface area contributed by atoms with E-state index >= 15 is 0 Å². The Kier molecular flexibility index (Phi) is 5.77. The topological polar surface area (TPSA) is 38.3 Å². The summed E-state index contributed by atoms with van der Waals surface area (Å²) in [5.74, 6) is 3.15. The van der Waals surface area contributed by atoms with Crippen molar-refractivity contribution in [3.63, 3.8) is 0 Å². The van der Waals surface area contributed by atoms with Gasteiger partial charge in [-0.1, -0.05) is 25.1 Å². The van der Waals surface area contributed by atoms with Gasteiger partial charge in [-0.25, -0.2) is 0 Å². The third-order valence-corrected chi connectivity index (χ3v) is 4.50. The number of ether oxygens (including phenoxy) is 1. The molecule has 1 aromatic rings. The van der Waals surface area contributed by atoms with Gasteiger partial charge in [0.1, 0.15) is 5.75 Å². The third kappa shape index (κ3) is 3.92. The van der Waals surface area contributed by atoms with Crippen molar-refractivity contribution in [1.82, 2.24) is 5.32 Å². The summed E-state index contributed by atoms with van der Waals surface area (Å²) < 4.78 is 5.60. The van der Waals surface area contributed by atoms with Crippen LogP contribution in [0.3, 0.4) is 0 Å². The van der Waals surface area contributed by atoms with Gasteiger partial charge < -0.3 is 10.1 Å². The first-order chi connectivity index (χ1) is 9.72. The first-order valence-corrected chi connectivity index (χ1v) is 8.47. The Morgan fingerprint density at radius 3 is 3.10 bits per heavy atom. The normalized spacial score (nSPS) is 18.8. The van der Waals surface area contributed by atoms with E-state index in [0.717, 1.165) is 35.7 Å². The average Bonchev–Trinajstić information content (AvgIpc) is 2.47. The molecule has 0 saturated heterocycles. The van der Waals surface area contributed by atoms with Crippen LogP contribution in [0.15, 0.2) is 24.3 Å². The number of para-hydroxylation sites is 1. The molecule has 2 atom stereocenters. The van der Waals surface area contributed by atoms with Crippen molar-refractivity contribution in [3.05, 3.63) is 29.8 Å². The van der Waals surface area contributed by atoms with Gasteiger partial charge in [0.2, 0.25) is 5.91 Å². The highest BCUT2D eigenvalue weighted by atomic mass is 32.2. The second kappa shape index (κ2) is 7.58. The number of nitrogens with one attached hydrogen (secondary N) is 1. The molecule has 1 N–H and O–H groups in total. The molecule has 2 unspecified atom stereocenters. The Morgan fingerprint density at radius 1 is 1.50 bits per heavy atom. The number of benzene rings is 1. The molecule has 0 spiro atoms. The fraction of sp³-hybridized carbons (Fsp3) is 0.562. The minimum atomic E-state index is -0.0683. The van der Waals surface area contributed by atoms with E-state index in [1.807, 2.05) is 36.0 Å². The van der Waals surface area contributed by atoms with Gasteiger partial charge in [0.15, 0.2) is 0 Å². The maximum Gasteiger partial charge on any atom is 0.228 e. The summed E-state index contributed by atoms with van der Waals surface area (Å²) in [5.41, 5.74) is 1.02. The number of rotatable bonds is 6. The third-order valence-electron chi connectivity index (χ3n) is 3.56. The van der Waals surface area contributed by atoms with Crippen LogP contribution in [0.4, 0.5) is 0 Å². The standard InChI is InChI=1S/C16H23NO2S/c1-3-20-11-9-12(2)17-16(18)14-8-10-19-15-7-5-4-6-13(14)15/h4-7,12,14H,3,8-11H2,1-2H3,(H,17,18). The van der Waals surface area contributed by atoms with Crippen LogP contribution >= 0.6 is 11.8 Å². The van der Waals surface area contributed by atoms with Crippen LogP contribution in [0, 0.1) is 0 Å². The van der Waals surface area contributed by atoms with Crippen molar-refractivity contribution >= 4 is 17.7 Å². The lowest BCUT2D eigenvalue weighted by Gasteiger charge is -2.26. The van der Waals surface area contributed by atoms with E-state index in [-0.39, 0.29) is 17.9 Å². The SMILES string of the molecule is CCSCCC(C)NC(=O)C1CCOc2ccccc21. The zero-order valence-corrected chi connectivity index (χ0v) is 13.0. The maximum absolute atomic E-state index is 12.4. The molecule has 0 fully saturated rings. The zero-order valence-electron chi connectivity index (χ0n) is 12.2. The molecule has 110 valence electrons. The van der Waals surface area contributed by atoms with Crippen LogP contribution in [0.5, 0.6) is 5.75 Å². The molecular formula is C16H23NO2S. The minimum absolute atomic E-state index is 0.0683. The number of fused-ring (bicyclic) bond motifs is 1. The predicted octanol–water partition coefficient (Wildman–Crippen LogP) is 3.20. The van der Waals surface area contributed by atoms with Crippen molar-refractivity contribution in [2.45, 2.75) is 38.6 Å². The minimum Gasteiger partial charge on any atom is -0.493 e. The summed E-state index contributed by atoms with van der Waals surface area (Å²) >= 11 is 1.92. The van der Waals surface area contributed by atoms with Crippen molar-refractivity contribution in [2.75, 3.05) is 18.1 Å². The monoisotopic (exact) mass is 293 g/mol. The Bertz CT molecular complexity index is 450. The van der Waals surface area contributed by atoms with Gasteiger partial charge in [-0.15, -0.1) is 0 Å². The number of thioether (sulfide) groups is 1. The molecule has 20 heavy (non-hydrogen) atoms. The van der Waals surface area contributed by atoms with Gasteiger partial charge in [0, 0.05) is 11.6 Å². The predicted molar refractivity (Wildman–Crippen MR) is 84.5 cm³/mol. The molecule has 0 radical (unpaired) electrons. The number of carbonyl (C=O) groups excluding carboxylic acids is 1. The van der Waals surface area contributed by atoms with Crippen molar-refractivity contribution in [1.29, 1.82) is 0 Å². The van der Waals surface area contributed by atoms with Gasteiger partial charge in [-0.3, -0.25) is 4.79 Å². The fourth-order valence-electron chi connectivity index (χ4n) is 2.43. The van der Waals surface area contributed by atoms with Crippen molar-refractivity contribution in [3.8, 4) is 5.75 Å². The molecule has 1 heterocycles. The molecule has 2 rings (SSSR count). The second-order valence-corrected chi connectivity index (χ2v) is 6.52. The van der Waals surface area contributed by atoms with Gasteiger partial charge in [0.05, 0.1) is 12.5 Å². The first kappa shape index (κ1) is 15.2. The average molecular weight is 293 g/mol. The lowest BCUT2D eigenvalue weighted by atomic mass is 9.92. The fourth-order valence-corrected chi connectivity index (χ4v) is 3.24. The van der Waals surface area contributed by atoms with Crippen LogP contribution in [0.1, 0.15) is 38.2 Å². The number of hydrogen-bond acceptors (Lipinski definition) is 3. The van der Waals surface area contributed by atoms with Gasteiger partial charge >= 0.3 is 0 Å². The highest BCUT2D eigenvalue weighted by Gasteiger charge is 2.27. The van der Waals surface area contributed by atoms with Crippen LogP contribution in [-0.2, 0) is 4.79 Å². The Balaban J connectivity index is 1.93. The van der Waals surface area contributed by atoms with E-state index in [9.17, 15) is 4.79 Å². The number of carbonyl (C=O) groups is 1. The smallest absolute Gasteiger partial charge is 0.228 e. The second-order valence-electron chi connectivity index (χ2n) is 5.12. The van der Waals surface area contributed by atoms with E-state index in [1.54, 1.807) is 0 Å². The van der Waals surface area contributed by atoms with Crippen molar-refractivity contribution < 1.29 is 9.53 Å². The molecule has 4 heteroatoms. The molecule has 0 aromatic heterocycles. The van der Waals surface area contributed by atoms with E-state index in [2.05, 4.69) is 19.2 Å². The molecule has 1 amide bonds. The number of hydrogen-bond donors (Lipinski definition) is 1. The van der Waals surface area contributed by atoms with Gasteiger partial charge in [-0.05, 0) is 37.3 Å². The molecule has 0 bridgehead atoms. The highest BCUT2D eigenvalue weighted by Crippen LogP contribution is 2.33. The molecule has 3 nitrogen and oxygen atoms in total. The van der Waals surface area contributed by atoms with E-state index < -0.39 is 0 Å². The van der Waals surface area contributed by atoms with Crippen LogP contribution in [0.25, 0.3) is 0 Å². The largest absolute Gasteiger partial charge is 0.493 e. The van der Waals surface area contributed by atoms with E-state index in [0.29, 0.717) is 6.61 Å². The van der Waals surface area contributed by atoms with E-state index in [1.165, 1.54) is 0 Å². The lowest BCUT2D eigenvalue weighted by molar-refractivity contribution is -0.123. The Labute approximate surface area is 125 Å². The van der Waals surface area contributed by atoms with Gasteiger partial charge in [0.25, 0.3) is 0 Å². The summed E-state index contributed by atoms with van der Waals surface area (Å²) in [5, 5.41) is 3.14. The zero-order chi connectivity index (χ0) is 14.4. The van der Waals surface area contributed by atoms with Crippen LogP contribution in [0.2, 0.25) is 0 Å². The summed E-state index contributed by atoms with van der Waals surface area (Å²) in [7, 11) is 0. The lowest BCUT2D eigenvalue weighted by Crippen LogP contribution is -2.38. The molecule has 1 aliphatic heterocycles. The molecule has 0 saturated carbocycles. The quantitative estimate of drug-likeness (QED) is 0.819. The first-order valence-electron chi connectivity index (χ1n) is 7.32. The van der Waals surface area contributed by atoms with Crippen molar-refractivity contribution in [2.24, 2.45) is 0 Å². The summed E-state index contributed by atoms with van der Waals surface area (Å²) in [6.45, 7) is 4.86. The maximum atomic E-state index is 12.4. The summed E-state index contributed by atoms with van der Waals surface area (Å²) in [6.07, 6.45) is 1.79. The molecule has 0 aliphatic carbocycles. The van der Waals surface area contributed by atoms with Crippen LogP contribution < -0.4 is 10.1 Å². The summed E-state index contributed by atoms with van der Waals surface area (Å²) in [4.78, 5) is 12.4.